The molecule has 0 aliphatic carbocycles. The van der Waals surface area contributed by atoms with Gasteiger partial charge in [-0.05, 0) is 39.1 Å². The Bertz CT molecular complexity index is 475. The zero-order chi connectivity index (χ0) is 15.1. The van der Waals surface area contributed by atoms with E-state index in [-0.39, 0.29) is 5.69 Å². The third kappa shape index (κ3) is 2.85. The maximum atomic E-state index is 12.9. The van der Waals surface area contributed by atoms with Crippen LogP contribution < -0.4 is 10.6 Å². The van der Waals surface area contributed by atoms with Gasteiger partial charge in [0.15, 0.2) is 0 Å². The van der Waals surface area contributed by atoms with E-state index in [0.29, 0.717) is 30.9 Å². The summed E-state index contributed by atoms with van der Waals surface area (Å²) in [6, 6.07) is 4.75. The second kappa shape index (κ2) is 5.16. The normalized spacial score (nSPS) is 25.0. The van der Waals surface area contributed by atoms with Crippen molar-refractivity contribution in [3.63, 3.8) is 0 Å². The van der Waals surface area contributed by atoms with E-state index < -0.39 is 11.7 Å². The molecule has 0 saturated carbocycles. The topological polar surface area (TPSA) is 32.5 Å². The van der Waals surface area contributed by atoms with Crippen molar-refractivity contribution in [2.75, 3.05) is 30.8 Å². The van der Waals surface area contributed by atoms with Gasteiger partial charge in [-0.15, -0.1) is 0 Å². The fourth-order valence-corrected chi connectivity index (χ4v) is 2.60. The summed E-state index contributed by atoms with van der Waals surface area (Å²) >= 11 is 0. The molecule has 3 nitrogen and oxygen atoms in total. The molecule has 0 amide bonds. The summed E-state index contributed by atoms with van der Waals surface area (Å²) in [4.78, 5) is 4.22. The Balaban J connectivity index is 2.30. The van der Waals surface area contributed by atoms with Gasteiger partial charge in [0.2, 0.25) is 0 Å². The van der Waals surface area contributed by atoms with Gasteiger partial charge in [-0.2, -0.15) is 13.2 Å². The van der Waals surface area contributed by atoms with Gasteiger partial charge in [0.05, 0.1) is 5.56 Å². The zero-order valence-corrected chi connectivity index (χ0v) is 11.9. The first kappa shape index (κ1) is 15.0. The molecule has 1 aliphatic rings. The summed E-state index contributed by atoms with van der Waals surface area (Å²) < 4.78 is 38.7. The van der Waals surface area contributed by atoms with Crippen LogP contribution in [0.25, 0.3) is 0 Å². The van der Waals surface area contributed by atoms with Crippen molar-refractivity contribution in [3.05, 3.63) is 23.8 Å². The van der Waals surface area contributed by atoms with Gasteiger partial charge >= 0.3 is 6.18 Å². The molecule has 2 unspecified atom stereocenters. The van der Waals surface area contributed by atoms with Crippen molar-refractivity contribution in [3.8, 4) is 0 Å². The van der Waals surface area contributed by atoms with Crippen LogP contribution >= 0.6 is 0 Å². The number of halogens is 3. The van der Waals surface area contributed by atoms with E-state index in [9.17, 15) is 13.2 Å². The standard InChI is InChI=1S/C14H20F3N3/c1-9-7-20(8-10(2)19(9)3)11-4-5-13(18)12(6-11)14(15,16)17/h4-6,9-10H,7-8,18H2,1-3H3. The molecule has 6 heteroatoms. The molecule has 1 aromatic carbocycles. The van der Waals surface area contributed by atoms with Gasteiger partial charge in [-0.3, -0.25) is 4.90 Å². The van der Waals surface area contributed by atoms with E-state index in [1.807, 2.05) is 11.9 Å². The Morgan fingerprint density at radius 1 is 1.15 bits per heavy atom. The summed E-state index contributed by atoms with van der Waals surface area (Å²) in [5, 5.41) is 0. The van der Waals surface area contributed by atoms with Gasteiger partial charge in [-0.25, -0.2) is 0 Å². The van der Waals surface area contributed by atoms with Crippen LogP contribution in [-0.2, 0) is 6.18 Å². The number of alkyl halides is 3. The Kier molecular flexibility index (Phi) is 3.86. The van der Waals surface area contributed by atoms with E-state index in [2.05, 4.69) is 18.7 Å². The predicted molar refractivity (Wildman–Crippen MR) is 74.8 cm³/mol. The van der Waals surface area contributed by atoms with Crippen LogP contribution in [-0.4, -0.2) is 37.1 Å². The number of nitrogens with zero attached hydrogens (tertiary/aromatic N) is 2. The molecule has 1 aliphatic heterocycles. The Labute approximate surface area is 117 Å². The van der Waals surface area contributed by atoms with E-state index in [1.165, 1.54) is 6.07 Å². The molecular weight excluding hydrogens is 267 g/mol. The van der Waals surface area contributed by atoms with Crippen LogP contribution in [0.3, 0.4) is 0 Å². The maximum Gasteiger partial charge on any atom is 0.418 e. The average Bonchev–Trinajstić information content (AvgIpc) is 2.34. The number of benzene rings is 1. The lowest BCUT2D eigenvalue weighted by atomic mass is 10.1. The molecule has 2 rings (SSSR count). The summed E-state index contributed by atoms with van der Waals surface area (Å²) in [6.45, 7) is 5.57. The minimum absolute atomic E-state index is 0.225. The van der Waals surface area contributed by atoms with Crippen molar-refractivity contribution in [1.82, 2.24) is 4.90 Å². The third-order valence-corrected chi connectivity index (χ3v) is 4.07. The number of hydrogen-bond donors (Lipinski definition) is 1. The van der Waals surface area contributed by atoms with Crippen LogP contribution in [0.1, 0.15) is 19.4 Å². The summed E-state index contributed by atoms with van der Waals surface area (Å²) in [5.74, 6) is 0. The van der Waals surface area contributed by atoms with Crippen molar-refractivity contribution in [2.24, 2.45) is 0 Å². The highest BCUT2D eigenvalue weighted by molar-refractivity contribution is 5.60. The maximum absolute atomic E-state index is 12.9. The monoisotopic (exact) mass is 287 g/mol. The van der Waals surface area contributed by atoms with Crippen LogP contribution in [0.5, 0.6) is 0 Å². The van der Waals surface area contributed by atoms with E-state index in [4.69, 9.17) is 5.73 Å². The zero-order valence-electron chi connectivity index (χ0n) is 11.9. The van der Waals surface area contributed by atoms with Gasteiger partial charge in [0.25, 0.3) is 0 Å². The molecule has 0 aromatic heterocycles. The van der Waals surface area contributed by atoms with E-state index >= 15 is 0 Å². The lowest BCUT2D eigenvalue weighted by molar-refractivity contribution is -0.136. The number of anilines is 2. The number of hydrogen-bond acceptors (Lipinski definition) is 3. The number of piperazine rings is 1. The molecule has 1 heterocycles. The predicted octanol–water partition coefficient (Wildman–Crippen LogP) is 2.82. The fourth-order valence-electron chi connectivity index (χ4n) is 2.60. The molecule has 2 N–H and O–H groups in total. The van der Waals surface area contributed by atoms with Gasteiger partial charge in [0.1, 0.15) is 0 Å². The second-order valence-electron chi connectivity index (χ2n) is 5.54. The van der Waals surface area contributed by atoms with Crippen LogP contribution in [0.2, 0.25) is 0 Å². The lowest BCUT2D eigenvalue weighted by Crippen LogP contribution is -2.55. The highest BCUT2D eigenvalue weighted by Gasteiger charge is 2.34. The Hall–Kier alpha value is -1.43. The minimum atomic E-state index is -4.41. The van der Waals surface area contributed by atoms with Crippen LogP contribution in [0, 0.1) is 0 Å². The molecule has 2 atom stereocenters. The van der Waals surface area contributed by atoms with Crippen LogP contribution in [0.15, 0.2) is 18.2 Å². The molecule has 20 heavy (non-hydrogen) atoms. The molecule has 1 aromatic rings. The number of likely N-dealkylation sites (N-methyl/N-ethyl adjacent to an activating group) is 1. The smallest absolute Gasteiger partial charge is 0.398 e. The molecular formula is C14H20F3N3. The minimum Gasteiger partial charge on any atom is -0.398 e. The molecule has 1 fully saturated rings. The molecule has 0 bridgehead atoms. The Morgan fingerprint density at radius 2 is 1.70 bits per heavy atom. The number of rotatable bonds is 1. The highest BCUT2D eigenvalue weighted by Crippen LogP contribution is 2.36. The highest BCUT2D eigenvalue weighted by atomic mass is 19.4. The summed E-state index contributed by atoms with van der Waals surface area (Å²) in [5.41, 5.74) is 5.04. The van der Waals surface area contributed by atoms with Crippen molar-refractivity contribution in [2.45, 2.75) is 32.1 Å². The van der Waals surface area contributed by atoms with Gasteiger partial charge in [-0.1, -0.05) is 0 Å². The van der Waals surface area contributed by atoms with Gasteiger partial charge < -0.3 is 10.6 Å². The number of nitrogens with two attached hydrogens (primary N) is 1. The van der Waals surface area contributed by atoms with Crippen molar-refractivity contribution >= 4 is 11.4 Å². The van der Waals surface area contributed by atoms with Crippen molar-refractivity contribution in [1.29, 1.82) is 0 Å². The molecule has 0 radical (unpaired) electrons. The Morgan fingerprint density at radius 3 is 2.20 bits per heavy atom. The first-order valence-corrected chi connectivity index (χ1v) is 6.63. The number of nitrogen functional groups attached to an aromatic ring is 1. The van der Waals surface area contributed by atoms with Crippen molar-refractivity contribution < 1.29 is 13.2 Å². The van der Waals surface area contributed by atoms with Gasteiger partial charge in [0, 0.05) is 36.5 Å². The quantitative estimate of drug-likeness (QED) is 0.806. The van der Waals surface area contributed by atoms with E-state index in [0.717, 1.165) is 6.07 Å². The van der Waals surface area contributed by atoms with E-state index in [1.54, 1.807) is 6.07 Å². The third-order valence-electron chi connectivity index (χ3n) is 4.07. The lowest BCUT2D eigenvalue weighted by Gasteiger charge is -2.43. The second-order valence-corrected chi connectivity index (χ2v) is 5.54. The first-order valence-electron chi connectivity index (χ1n) is 6.63. The fraction of sp³-hybridized carbons (Fsp3) is 0.571. The molecule has 1 saturated heterocycles. The van der Waals surface area contributed by atoms with Crippen LogP contribution in [0.4, 0.5) is 24.5 Å². The average molecular weight is 287 g/mol. The molecule has 0 spiro atoms. The first-order chi connectivity index (χ1) is 9.20. The summed E-state index contributed by atoms with van der Waals surface area (Å²) in [7, 11) is 2.04. The largest absolute Gasteiger partial charge is 0.418 e. The summed E-state index contributed by atoms with van der Waals surface area (Å²) in [6.07, 6.45) is -4.41. The SMILES string of the molecule is CC1CN(c2ccc(N)c(C(F)(F)F)c2)CC(C)N1C. The molecule has 112 valence electrons.